The van der Waals surface area contributed by atoms with Crippen molar-refractivity contribution in [2.24, 2.45) is 11.8 Å². The number of hydrogen-bond acceptors (Lipinski definition) is 7. The highest BCUT2D eigenvalue weighted by Crippen LogP contribution is 2.65. The molecule has 1 unspecified atom stereocenters. The Kier molecular flexibility index (Phi) is 5.04. The van der Waals surface area contributed by atoms with E-state index in [9.17, 15) is 19.8 Å². The number of benzene rings is 2. The van der Waals surface area contributed by atoms with Crippen molar-refractivity contribution in [2.45, 2.75) is 55.3 Å². The molecule has 8 nitrogen and oxygen atoms in total. The Bertz CT molecular complexity index is 1560. The molecule has 1 amide bonds. The summed E-state index contributed by atoms with van der Waals surface area (Å²) in [6, 6.07) is 14.5. The number of nitrogens with zero attached hydrogens (tertiary/aromatic N) is 2. The lowest BCUT2D eigenvalue weighted by molar-refractivity contribution is -0.197. The largest absolute Gasteiger partial charge is 0.504 e. The van der Waals surface area contributed by atoms with Crippen LogP contribution in [0.2, 0.25) is 0 Å². The summed E-state index contributed by atoms with van der Waals surface area (Å²) in [6.07, 6.45) is 5.94. The summed E-state index contributed by atoms with van der Waals surface area (Å²) in [4.78, 5) is 34.6. The molecule has 1 aromatic heterocycles. The first-order valence-electron chi connectivity index (χ1n) is 14.2. The fourth-order valence-corrected chi connectivity index (χ4v) is 8.12. The quantitative estimate of drug-likeness (QED) is 0.428. The Morgan fingerprint density at radius 1 is 1.12 bits per heavy atom. The zero-order valence-corrected chi connectivity index (χ0v) is 22.0. The van der Waals surface area contributed by atoms with Gasteiger partial charge in [-0.15, -0.1) is 0 Å². The van der Waals surface area contributed by atoms with Crippen LogP contribution in [-0.2, 0) is 21.4 Å². The van der Waals surface area contributed by atoms with Crippen LogP contribution in [0.15, 0.2) is 60.9 Å². The SMILES string of the molecule is O=C(Nc1ccccc1-c1ccncc1)C1C[C@@]2(O)[C@H]3Cc4ccc(O)c5c4[C@@]2(CCN3CC2CC2)[C@@H](O5)C1=O. The van der Waals surface area contributed by atoms with E-state index in [-0.39, 0.29) is 24.0 Å². The van der Waals surface area contributed by atoms with Gasteiger partial charge in [0.25, 0.3) is 0 Å². The number of Topliss-reactive ketones (excluding diaryl/α,β-unsaturated/α-hetero) is 1. The van der Waals surface area contributed by atoms with E-state index in [4.69, 9.17) is 4.74 Å². The van der Waals surface area contributed by atoms with Crippen LogP contribution < -0.4 is 10.1 Å². The third-order valence-corrected chi connectivity index (χ3v) is 10.1. The maximum absolute atomic E-state index is 14.2. The van der Waals surface area contributed by atoms with E-state index in [0.29, 0.717) is 30.2 Å². The number of amides is 1. The molecule has 0 radical (unpaired) electrons. The van der Waals surface area contributed by atoms with Crippen molar-refractivity contribution in [3.8, 4) is 22.6 Å². The number of ketones is 1. The number of phenols is 1. The van der Waals surface area contributed by atoms with Crippen molar-refractivity contribution in [3.63, 3.8) is 0 Å². The van der Waals surface area contributed by atoms with Crippen molar-refractivity contribution >= 4 is 17.4 Å². The molecule has 3 heterocycles. The molecule has 8 heteroatoms. The van der Waals surface area contributed by atoms with E-state index in [1.165, 1.54) is 12.8 Å². The number of carbonyl (C=O) groups is 2. The fourth-order valence-electron chi connectivity index (χ4n) is 8.12. The van der Waals surface area contributed by atoms with Crippen LogP contribution in [0.25, 0.3) is 11.1 Å². The van der Waals surface area contributed by atoms with E-state index in [1.54, 1.807) is 18.5 Å². The van der Waals surface area contributed by atoms with Gasteiger partial charge in [0, 0.05) is 41.8 Å². The van der Waals surface area contributed by atoms with Crippen molar-refractivity contribution in [3.05, 3.63) is 72.1 Å². The Morgan fingerprint density at radius 2 is 1.93 bits per heavy atom. The van der Waals surface area contributed by atoms with Crippen molar-refractivity contribution < 1.29 is 24.5 Å². The number of hydrogen-bond donors (Lipinski definition) is 3. The van der Waals surface area contributed by atoms with Crippen LogP contribution in [0.4, 0.5) is 5.69 Å². The summed E-state index contributed by atoms with van der Waals surface area (Å²) in [7, 11) is 0. The van der Waals surface area contributed by atoms with Gasteiger partial charge >= 0.3 is 0 Å². The number of ether oxygens (including phenoxy) is 1. The number of rotatable bonds is 5. The third kappa shape index (κ3) is 3.17. The number of aromatic hydroxyl groups is 1. The van der Waals surface area contributed by atoms with Gasteiger partial charge in [-0.2, -0.15) is 0 Å². The predicted molar refractivity (Wildman–Crippen MR) is 147 cm³/mol. The first kappa shape index (κ1) is 24.1. The highest BCUT2D eigenvalue weighted by molar-refractivity contribution is 6.11. The second kappa shape index (κ2) is 8.38. The molecule has 3 aliphatic carbocycles. The molecule has 3 N–H and O–H groups in total. The van der Waals surface area contributed by atoms with E-state index in [1.807, 2.05) is 42.5 Å². The van der Waals surface area contributed by atoms with Gasteiger partial charge in [-0.3, -0.25) is 19.5 Å². The smallest absolute Gasteiger partial charge is 0.235 e. The number of phenolic OH excluding ortho intramolecular Hbond substituents is 1. The first-order chi connectivity index (χ1) is 19.4. The maximum atomic E-state index is 14.2. The lowest BCUT2D eigenvalue weighted by atomic mass is 9.47. The van der Waals surface area contributed by atoms with Gasteiger partial charge in [0.1, 0.15) is 5.92 Å². The van der Waals surface area contributed by atoms with Gasteiger partial charge in [0.15, 0.2) is 23.4 Å². The molecule has 1 spiro atoms. The average Bonchev–Trinajstić information content (AvgIpc) is 3.70. The number of piperidine rings is 1. The number of para-hydroxylation sites is 1. The molecular weight excluding hydrogens is 506 g/mol. The van der Waals surface area contributed by atoms with Crippen LogP contribution >= 0.6 is 0 Å². The van der Waals surface area contributed by atoms with Crippen molar-refractivity contribution in [2.75, 3.05) is 18.4 Å². The number of likely N-dealkylation sites (tertiary alicyclic amines) is 1. The molecular formula is C32H31N3O5. The Morgan fingerprint density at radius 3 is 2.73 bits per heavy atom. The molecule has 3 aromatic rings. The summed E-state index contributed by atoms with van der Waals surface area (Å²) >= 11 is 0. The Balaban J connectivity index is 1.19. The molecule has 1 saturated heterocycles. The summed E-state index contributed by atoms with van der Waals surface area (Å²) in [5, 5.41) is 26.6. The van der Waals surface area contributed by atoms with Gasteiger partial charge in [-0.1, -0.05) is 24.3 Å². The number of carbonyl (C=O) groups excluding carboxylic acids is 2. The first-order valence-corrected chi connectivity index (χ1v) is 14.2. The highest BCUT2D eigenvalue weighted by Gasteiger charge is 2.75. The van der Waals surface area contributed by atoms with E-state index in [0.717, 1.165) is 35.3 Å². The minimum Gasteiger partial charge on any atom is -0.504 e. The number of pyridine rings is 1. The van der Waals surface area contributed by atoms with Crippen molar-refractivity contribution in [1.82, 2.24) is 9.88 Å². The van der Waals surface area contributed by atoms with Gasteiger partial charge < -0.3 is 20.3 Å². The number of aliphatic hydroxyl groups is 1. The standard InChI is InChI=1S/C32H31N3O5/c36-24-8-7-20-15-25-32(39)16-22(30(38)34-23-4-2-1-3-21(23)19-9-12-33-13-10-19)27(37)29-31(32,26(20)28(24)40-29)11-14-35(25)17-18-5-6-18/h1-4,7-10,12-13,18,22,25,29,36,39H,5-6,11,14-17H2,(H,34,38)/t22?,25-,29+,31+,32-/m1/s1. The zero-order chi connectivity index (χ0) is 27.2. The second-order valence-electron chi connectivity index (χ2n) is 12.2. The van der Waals surface area contributed by atoms with Crippen LogP contribution in [0.1, 0.15) is 36.8 Å². The second-order valence-corrected chi connectivity index (χ2v) is 12.2. The average molecular weight is 538 g/mol. The van der Waals surface area contributed by atoms with Crippen LogP contribution in [0.3, 0.4) is 0 Å². The van der Waals surface area contributed by atoms with Crippen LogP contribution in [0, 0.1) is 11.8 Å². The molecule has 2 saturated carbocycles. The van der Waals surface area contributed by atoms with E-state index in [2.05, 4.69) is 15.2 Å². The number of aromatic nitrogens is 1. The molecule has 5 atom stereocenters. The normalized spacial score (nSPS) is 31.8. The molecule has 3 fully saturated rings. The van der Waals surface area contributed by atoms with Crippen LogP contribution in [-0.4, -0.2) is 62.6 Å². The predicted octanol–water partition coefficient (Wildman–Crippen LogP) is 3.45. The summed E-state index contributed by atoms with van der Waals surface area (Å²) < 4.78 is 6.27. The molecule has 204 valence electrons. The fraction of sp³-hybridized carbons (Fsp3) is 0.406. The summed E-state index contributed by atoms with van der Waals surface area (Å²) in [6.45, 7) is 1.67. The molecule has 2 aliphatic heterocycles. The minimum absolute atomic E-state index is 0.0231. The van der Waals surface area contributed by atoms with Crippen LogP contribution in [0.5, 0.6) is 11.5 Å². The topological polar surface area (TPSA) is 112 Å². The molecule has 5 aliphatic rings. The minimum atomic E-state index is -1.35. The summed E-state index contributed by atoms with van der Waals surface area (Å²) in [5.41, 5.74) is 1.78. The molecule has 40 heavy (non-hydrogen) atoms. The Labute approximate surface area is 232 Å². The highest BCUT2D eigenvalue weighted by atomic mass is 16.5. The lowest BCUT2D eigenvalue weighted by Gasteiger charge is -2.63. The number of anilines is 1. The number of nitrogens with one attached hydrogen (secondary N) is 1. The van der Waals surface area contributed by atoms with E-state index >= 15 is 0 Å². The van der Waals surface area contributed by atoms with Gasteiger partial charge in [0.2, 0.25) is 5.91 Å². The lowest BCUT2D eigenvalue weighted by Crippen LogP contribution is -2.78. The van der Waals surface area contributed by atoms with Gasteiger partial charge in [-0.25, -0.2) is 0 Å². The summed E-state index contributed by atoms with van der Waals surface area (Å²) in [5.74, 6) is -0.956. The van der Waals surface area contributed by atoms with Gasteiger partial charge in [0.05, 0.1) is 11.0 Å². The Hall–Kier alpha value is -3.75. The zero-order valence-electron chi connectivity index (χ0n) is 22.0. The molecule has 8 rings (SSSR count). The van der Waals surface area contributed by atoms with Gasteiger partial charge in [-0.05, 0) is 80.0 Å². The maximum Gasteiger partial charge on any atom is 0.235 e. The van der Waals surface area contributed by atoms with Crippen molar-refractivity contribution in [1.29, 1.82) is 0 Å². The monoisotopic (exact) mass is 537 g/mol. The van der Waals surface area contributed by atoms with E-state index < -0.39 is 28.9 Å². The molecule has 2 bridgehead atoms. The third-order valence-electron chi connectivity index (χ3n) is 10.1. The molecule has 2 aromatic carbocycles.